The molecule has 4 N–H and O–H groups in total. The highest BCUT2D eigenvalue weighted by Gasteiger charge is 2.14. The van der Waals surface area contributed by atoms with Crippen LogP contribution >= 0.6 is 0 Å². The molecule has 0 spiro atoms. The molecule has 2 aromatic carbocycles. The number of anilines is 1. The van der Waals surface area contributed by atoms with Gasteiger partial charge in [0, 0.05) is 5.69 Å². The Balaban J connectivity index is 1.66. The van der Waals surface area contributed by atoms with Crippen LogP contribution in [0.15, 0.2) is 54.6 Å². The summed E-state index contributed by atoms with van der Waals surface area (Å²) in [5.74, 6) is 0.881. The lowest BCUT2D eigenvalue weighted by Crippen LogP contribution is -2.13. The molecule has 1 aromatic heterocycles. The van der Waals surface area contributed by atoms with E-state index in [2.05, 4.69) is 20.5 Å². The van der Waals surface area contributed by atoms with Gasteiger partial charge in [-0.05, 0) is 29.8 Å². The van der Waals surface area contributed by atoms with Gasteiger partial charge >= 0.3 is 0 Å². The first-order valence-electron chi connectivity index (χ1n) is 6.93. The number of halogens is 1. The van der Waals surface area contributed by atoms with Crippen LogP contribution in [0.4, 0.5) is 10.1 Å². The number of para-hydroxylation sites is 1. The number of rotatable bonds is 5. The second-order valence-corrected chi connectivity index (χ2v) is 4.89. The van der Waals surface area contributed by atoms with E-state index in [1.54, 1.807) is 12.1 Å². The number of hydrogen-bond acceptors (Lipinski definition) is 4. The minimum atomic E-state index is -0.484. The van der Waals surface area contributed by atoms with E-state index < -0.39 is 6.04 Å². The van der Waals surface area contributed by atoms with Crippen molar-refractivity contribution in [2.75, 3.05) is 5.32 Å². The van der Waals surface area contributed by atoms with Crippen LogP contribution in [0.5, 0.6) is 0 Å². The molecule has 0 radical (unpaired) electrons. The summed E-state index contributed by atoms with van der Waals surface area (Å²) in [6.07, 6.45) is 0. The largest absolute Gasteiger partial charge is 0.378 e. The molecular formula is C16H16FN5. The van der Waals surface area contributed by atoms with Gasteiger partial charge in [-0.3, -0.25) is 5.10 Å². The average Bonchev–Trinajstić information content (AvgIpc) is 3.03. The SMILES string of the molecule is NC(c1ccc(F)cc1)c1n[nH]c(CNc2ccccc2)n1. The zero-order chi connectivity index (χ0) is 15.4. The third kappa shape index (κ3) is 3.29. The highest BCUT2D eigenvalue weighted by atomic mass is 19.1. The van der Waals surface area contributed by atoms with Crippen LogP contribution in [-0.2, 0) is 6.54 Å². The van der Waals surface area contributed by atoms with Gasteiger partial charge in [0.2, 0.25) is 0 Å². The van der Waals surface area contributed by atoms with E-state index in [-0.39, 0.29) is 5.82 Å². The molecule has 22 heavy (non-hydrogen) atoms. The molecule has 3 aromatic rings. The Morgan fingerprint density at radius 2 is 1.82 bits per heavy atom. The quantitative estimate of drug-likeness (QED) is 0.676. The van der Waals surface area contributed by atoms with Gasteiger partial charge in [-0.1, -0.05) is 30.3 Å². The Hall–Kier alpha value is -2.73. The van der Waals surface area contributed by atoms with Crippen molar-refractivity contribution in [1.29, 1.82) is 0 Å². The van der Waals surface area contributed by atoms with Crippen molar-refractivity contribution in [3.05, 3.63) is 77.6 Å². The third-order valence-corrected chi connectivity index (χ3v) is 3.29. The molecule has 6 heteroatoms. The number of aromatic amines is 1. The molecular weight excluding hydrogens is 281 g/mol. The molecule has 0 aliphatic heterocycles. The lowest BCUT2D eigenvalue weighted by Gasteiger charge is -2.07. The topological polar surface area (TPSA) is 79.6 Å². The third-order valence-electron chi connectivity index (χ3n) is 3.29. The van der Waals surface area contributed by atoms with Gasteiger partial charge in [0.05, 0.1) is 12.6 Å². The van der Waals surface area contributed by atoms with Crippen LogP contribution in [-0.4, -0.2) is 15.2 Å². The Kier molecular flexibility index (Phi) is 4.11. The van der Waals surface area contributed by atoms with Crippen LogP contribution in [0, 0.1) is 5.82 Å². The summed E-state index contributed by atoms with van der Waals surface area (Å²) in [5.41, 5.74) is 7.87. The first-order chi connectivity index (χ1) is 10.7. The maximum absolute atomic E-state index is 12.9. The standard InChI is InChI=1S/C16H16FN5/c17-12-8-6-11(7-9-12)15(18)16-20-14(21-22-16)10-19-13-4-2-1-3-5-13/h1-9,15,19H,10,18H2,(H,20,21,22). The zero-order valence-electron chi connectivity index (χ0n) is 11.8. The smallest absolute Gasteiger partial charge is 0.171 e. The fourth-order valence-corrected chi connectivity index (χ4v) is 2.09. The number of aromatic nitrogens is 3. The number of hydrogen-bond donors (Lipinski definition) is 3. The summed E-state index contributed by atoms with van der Waals surface area (Å²) < 4.78 is 12.9. The summed E-state index contributed by atoms with van der Waals surface area (Å²) in [7, 11) is 0. The Labute approximate surface area is 127 Å². The monoisotopic (exact) mass is 297 g/mol. The zero-order valence-corrected chi connectivity index (χ0v) is 11.8. The van der Waals surface area contributed by atoms with Gasteiger partial charge in [-0.15, -0.1) is 0 Å². The van der Waals surface area contributed by atoms with Gasteiger partial charge in [0.1, 0.15) is 11.6 Å². The van der Waals surface area contributed by atoms with Crippen molar-refractivity contribution >= 4 is 5.69 Å². The highest BCUT2D eigenvalue weighted by Crippen LogP contribution is 2.16. The van der Waals surface area contributed by atoms with E-state index >= 15 is 0 Å². The molecule has 1 unspecified atom stereocenters. The molecule has 112 valence electrons. The van der Waals surface area contributed by atoms with E-state index in [9.17, 15) is 4.39 Å². The molecule has 0 bridgehead atoms. The fourth-order valence-electron chi connectivity index (χ4n) is 2.09. The van der Waals surface area contributed by atoms with E-state index in [0.29, 0.717) is 18.2 Å². The number of nitrogens with two attached hydrogens (primary N) is 1. The van der Waals surface area contributed by atoms with E-state index in [1.165, 1.54) is 12.1 Å². The Bertz CT molecular complexity index is 724. The lowest BCUT2D eigenvalue weighted by atomic mass is 10.1. The van der Waals surface area contributed by atoms with E-state index in [1.807, 2.05) is 30.3 Å². The van der Waals surface area contributed by atoms with Crippen LogP contribution in [0.1, 0.15) is 23.3 Å². The average molecular weight is 297 g/mol. The predicted molar refractivity (Wildman–Crippen MR) is 82.6 cm³/mol. The molecule has 0 amide bonds. The predicted octanol–water partition coefficient (Wildman–Crippen LogP) is 2.60. The van der Waals surface area contributed by atoms with Crippen molar-refractivity contribution in [3.63, 3.8) is 0 Å². The highest BCUT2D eigenvalue weighted by molar-refractivity contribution is 5.42. The molecule has 1 atom stereocenters. The van der Waals surface area contributed by atoms with Crippen molar-refractivity contribution in [2.24, 2.45) is 5.73 Å². The molecule has 0 saturated carbocycles. The Morgan fingerprint density at radius 1 is 1.09 bits per heavy atom. The minimum Gasteiger partial charge on any atom is -0.378 e. The van der Waals surface area contributed by atoms with Gasteiger partial charge in [0.15, 0.2) is 5.82 Å². The van der Waals surface area contributed by atoms with Gasteiger partial charge in [-0.2, -0.15) is 5.10 Å². The first kappa shape index (κ1) is 14.2. The summed E-state index contributed by atoms with van der Waals surface area (Å²) >= 11 is 0. The van der Waals surface area contributed by atoms with Crippen molar-refractivity contribution in [2.45, 2.75) is 12.6 Å². The summed E-state index contributed by atoms with van der Waals surface area (Å²) in [5, 5.41) is 10.2. The molecule has 0 aliphatic rings. The summed E-state index contributed by atoms with van der Waals surface area (Å²) in [6, 6.07) is 15.4. The second-order valence-electron chi connectivity index (χ2n) is 4.89. The van der Waals surface area contributed by atoms with Gasteiger partial charge < -0.3 is 11.1 Å². The van der Waals surface area contributed by atoms with Gasteiger partial charge in [-0.25, -0.2) is 9.37 Å². The molecule has 1 heterocycles. The van der Waals surface area contributed by atoms with Gasteiger partial charge in [0.25, 0.3) is 0 Å². The van der Waals surface area contributed by atoms with Crippen molar-refractivity contribution < 1.29 is 4.39 Å². The maximum atomic E-state index is 12.9. The van der Waals surface area contributed by atoms with Crippen LogP contribution in [0.3, 0.4) is 0 Å². The van der Waals surface area contributed by atoms with Crippen LogP contribution in [0.2, 0.25) is 0 Å². The van der Waals surface area contributed by atoms with Crippen molar-refractivity contribution in [3.8, 4) is 0 Å². The number of benzene rings is 2. The van der Waals surface area contributed by atoms with E-state index in [0.717, 1.165) is 11.3 Å². The van der Waals surface area contributed by atoms with Crippen LogP contribution in [0.25, 0.3) is 0 Å². The molecule has 0 fully saturated rings. The second kappa shape index (κ2) is 6.36. The number of nitrogens with zero attached hydrogens (tertiary/aromatic N) is 2. The lowest BCUT2D eigenvalue weighted by molar-refractivity contribution is 0.626. The van der Waals surface area contributed by atoms with Crippen molar-refractivity contribution in [1.82, 2.24) is 15.2 Å². The fraction of sp³-hybridized carbons (Fsp3) is 0.125. The Morgan fingerprint density at radius 3 is 2.55 bits per heavy atom. The molecule has 0 aliphatic carbocycles. The number of nitrogens with one attached hydrogen (secondary N) is 2. The maximum Gasteiger partial charge on any atom is 0.171 e. The summed E-state index contributed by atoms with van der Waals surface area (Å²) in [6.45, 7) is 0.521. The number of H-pyrrole nitrogens is 1. The molecule has 5 nitrogen and oxygen atoms in total. The van der Waals surface area contributed by atoms with E-state index in [4.69, 9.17) is 5.73 Å². The minimum absolute atomic E-state index is 0.293. The normalized spacial score (nSPS) is 12.1. The molecule has 0 saturated heterocycles. The van der Waals surface area contributed by atoms with Crippen LogP contribution < -0.4 is 11.1 Å². The first-order valence-corrected chi connectivity index (χ1v) is 6.93. The molecule has 3 rings (SSSR count). The summed E-state index contributed by atoms with van der Waals surface area (Å²) in [4.78, 5) is 4.38.